The van der Waals surface area contributed by atoms with Crippen molar-refractivity contribution in [3.05, 3.63) is 54.0 Å². The molecule has 0 atom stereocenters. The number of aliphatic carboxylic acids is 1. The number of hydrogen-bond acceptors (Lipinski definition) is 3. The second kappa shape index (κ2) is 7.14. The highest BCUT2D eigenvalue weighted by Gasteiger charge is 2.04. The number of carboxylic acid groups (broad SMARTS) is 1. The molecule has 0 aliphatic rings. The minimum Gasteiger partial charge on any atom is -0.481 e. The van der Waals surface area contributed by atoms with Gasteiger partial charge in [-0.1, -0.05) is 12.1 Å². The van der Waals surface area contributed by atoms with E-state index in [1.807, 2.05) is 6.07 Å². The normalized spacial score (nSPS) is 10.1. The van der Waals surface area contributed by atoms with E-state index >= 15 is 0 Å². The molecule has 0 spiro atoms. The highest BCUT2D eigenvalue weighted by Crippen LogP contribution is 2.12. The van der Waals surface area contributed by atoms with Gasteiger partial charge in [-0.2, -0.15) is 0 Å². The SMILES string of the molecule is O=C(O)CCc1cccc(NC(=O)NCc2ccoc2)c1. The smallest absolute Gasteiger partial charge is 0.319 e. The molecule has 0 saturated heterocycles. The maximum Gasteiger partial charge on any atom is 0.319 e. The Balaban J connectivity index is 1.85. The third-order valence-corrected chi connectivity index (χ3v) is 2.85. The van der Waals surface area contributed by atoms with E-state index < -0.39 is 5.97 Å². The summed E-state index contributed by atoms with van der Waals surface area (Å²) in [5.74, 6) is -0.841. The Bertz CT molecular complexity index is 608. The van der Waals surface area contributed by atoms with Gasteiger partial charge in [-0.05, 0) is 30.2 Å². The van der Waals surface area contributed by atoms with Gasteiger partial charge in [-0.25, -0.2) is 4.79 Å². The Morgan fingerprint density at radius 2 is 2.05 bits per heavy atom. The van der Waals surface area contributed by atoms with Crippen LogP contribution in [0.3, 0.4) is 0 Å². The van der Waals surface area contributed by atoms with Crippen LogP contribution in [0, 0.1) is 0 Å². The van der Waals surface area contributed by atoms with Gasteiger partial charge in [0.25, 0.3) is 0 Å². The molecule has 2 aromatic rings. The van der Waals surface area contributed by atoms with Crippen LogP contribution in [0.2, 0.25) is 0 Å². The minimum absolute atomic E-state index is 0.0656. The summed E-state index contributed by atoms with van der Waals surface area (Å²) >= 11 is 0. The maximum absolute atomic E-state index is 11.7. The molecule has 0 bridgehead atoms. The number of carboxylic acids is 1. The first-order valence-corrected chi connectivity index (χ1v) is 6.50. The fraction of sp³-hybridized carbons (Fsp3) is 0.200. The Morgan fingerprint density at radius 1 is 1.19 bits per heavy atom. The summed E-state index contributed by atoms with van der Waals surface area (Å²) in [7, 11) is 0. The summed E-state index contributed by atoms with van der Waals surface area (Å²) < 4.78 is 4.91. The highest BCUT2D eigenvalue weighted by molar-refractivity contribution is 5.89. The first-order chi connectivity index (χ1) is 10.1. The van der Waals surface area contributed by atoms with E-state index in [0.717, 1.165) is 11.1 Å². The molecule has 3 N–H and O–H groups in total. The molecule has 0 radical (unpaired) electrons. The second-order valence-electron chi connectivity index (χ2n) is 4.53. The van der Waals surface area contributed by atoms with Gasteiger partial charge >= 0.3 is 12.0 Å². The van der Waals surface area contributed by atoms with Crippen molar-refractivity contribution in [2.75, 3.05) is 5.32 Å². The van der Waals surface area contributed by atoms with Crippen LogP contribution in [0.25, 0.3) is 0 Å². The molecule has 2 rings (SSSR count). The zero-order valence-electron chi connectivity index (χ0n) is 11.3. The average Bonchev–Trinajstić information content (AvgIpc) is 2.97. The van der Waals surface area contributed by atoms with E-state index in [1.165, 1.54) is 0 Å². The number of carbonyl (C=O) groups excluding carboxylic acids is 1. The van der Waals surface area contributed by atoms with Crippen molar-refractivity contribution < 1.29 is 19.1 Å². The Kier molecular flexibility index (Phi) is 4.98. The molecule has 21 heavy (non-hydrogen) atoms. The van der Waals surface area contributed by atoms with Crippen LogP contribution in [-0.2, 0) is 17.8 Å². The third kappa shape index (κ3) is 5.02. The number of carbonyl (C=O) groups is 2. The lowest BCUT2D eigenvalue weighted by Crippen LogP contribution is -2.28. The second-order valence-corrected chi connectivity index (χ2v) is 4.53. The van der Waals surface area contributed by atoms with E-state index in [9.17, 15) is 9.59 Å². The van der Waals surface area contributed by atoms with Gasteiger partial charge in [0.2, 0.25) is 0 Å². The Morgan fingerprint density at radius 3 is 2.76 bits per heavy atom. The van der Waals surface area contributed by atoms with Gasteiger partial charge in [-0.15, -0.1) is 0 Å². The van der Waals surface area contributed by atoms with E-state index in [4.69, 9.17) is 9.52 Å². The van der Waals surface area contributed by atoms with Crippen LogP contribution < -0.4 is 10.6 Å². The molecule has 110 valence electrons. The van der Waals surface area contributed by atoms with Crippen molar-refractivity contribution in [2.24, 2.45) is 0 Å². The quantitative estimate of drug-likeness (QED) is 0.762. The van der Waals surface area contributed by atoms with E-state index in [2.05, 4.69) is 10.6 Å². The molecule has 6 heteroatoms. The average molecular weight is 288 g/mol. The predicted octanol–water partition coefficient (Wildman–Crippen LogP) is 2.62. The van der Waals surface area contributed by atoms with Crippen LogP contribution >= 0.6 is 0 Å². The number of anilines is 1. The van der Waals surface area contributed by atoms with Crippen molar-refractivity contribution in [1.82, 2.24) is 5.32 Å². The Labute approximate surface area is 121 Å². The first-order valence-electron chi connectivity index (χ1n) is 6.50. The summed E-state index contributed by atoms with van der Waals surface area (Å²) in [6, 6.07) is 8.57. The molecule has 1 heterocycles. The van der Waals surface area contributed by atoms with Crippen molar-refractivity contribution in [3.8, 4) is 0 Å². The number of hydrogen-bond donors (Lipinski definition) is 3. The molecule has 0 unspecified atom stereocenters. The van der Waals surface area contributed by atoms with Crippen LogP contribution in [0.5, 0.6) is 0 Å². The number of furan rings is 1. The Hall–Kier alpha value is -2.76. The van der Waals surface area contributed by atoms with E-state index in [-0.39, 0.29) is 12.5 Å². The largest absolute Gasteiger partial charge is 0.481 e. The van der Waals surface area contributed by atoms with Gasteiger partial charge < -0.3 is 20.2 Å². The lowest BCUT2D eigenvalue weighted by Gasteiger charge is -2.08. The number of urea groups is 1. The molecule has 6 nitrogen and oxygen atoms in total. The molecule has 0 aliphatic heterocycles. The topological polar surface area (TPSA) is 91.6 Å². The van der Waals surface area contributed by atoms with Crippen LogP contribution in [0.4, 0.5) is 10.5 Å². The fourth-order valence-corrected chi connectivity index (χ4v) is 1.81. The molecule has 0 aliphatic carbocycles. The highest BCUT2D eigenvalue weighted by atomic mass is 16.4. The van der Waals surface area contributed by atoms with Crippen molar-refractivity contribution in [3.63, 3.8) is 0 Å². The number of rotatable bonds is 6. The van der Waals surface area contributed by atoms with Crippen LogP contribution in [0.1, 0.15) is 17.5 Å². The van der Waals surface area contributed by atoms with E-state index in [1.54, 1.807) is 36.8 Å². The predicted molar refractivity (Wildman–Crippen MR) is 77.0 cm³/mol. The molecular formula is C15H16N2O4. The van der Waals surface area contributed by atoms with Gasteiger partial charge in [0, 0.05) is 24.2 Å². The summed E-state index contributed by atoms with van der Waals surface area (Å²) in [5.41, 5.74) is 2.37. The van der Waals surface area contributed by atoms with Crippen molar-refractivity contribution >= 4 is 17.7 Å². The van der Waals surface area contributed by atoms with Gasteiger partial charge in [0.15, 0.2) is 0 Å². The lowest BCUT2D eigenvalue weighted by molar-refractivity contribution is -0.136. The summed E-state index contributed by atoms with van der Waals surface area (Å²) in [6.45, 7) is 0.376. The number of amides is 2. The number of benzene rings is 1. The zero-order valence-corrected chi connectivity index (χ0v) is 11.3. The van der Waals surface area contributed by atoms with E-state index in [0.29, 0.717) is 18.7 Å². The number of aryl methyl sites for hydroxylation is 1. The molecule has 0 saturated carbocycles. The van der Waals surface area contributed by atoms with Gasteiger partial charge in [0.1, 0.15) is 0 Å². The van der Waals surface area contributed by atoms with Gasteiger partial charge in [0.05, 0.1) is 12.5 Å². The molecule has 1 aromatic heterocycles. The van der Waals surface area contributed by atoms with Crippen molar-refractivity contribution in [2.45, 2.75) is 19.4 Å². The molecule has 1 aromatic carbocycles. The summed E-state index contributed by atoms with van der Waals surface area (Å²) in [6.07, 6.45) is 3.60. The third-order valence-electron chi connectivity index (χ3n) is 2.85. The molecular weight excluding hydrogens is 272 g/mol. The minimum atomic E-state index is -0.841. The maximum atomic E-state index is 11.7. The molecule has 0 fully saturated rings. The summed E-state index contributed by atoms with van der Waals surface area (Å²) in [4.78, 5) is 22.3. The fourth-order valence-electron chi connectivity index (χ4n) is 1.81. The number of nitrogens with one attached hydrogen (secondary N) is 2. The van der Waals surface area contributed by atoms with Gasteiger partial charge in [-0.3, -0.25) is 4.79 Å². The van der Waals surface area contributed by atoms with Crippen LogP contribution in [0.15, 0.2) is 47.3 Å². The first kappa shape index (κ1) is 14.6. The van der Waals surface area contributed by atoms with Crippen LogP contribution in [-0.4, -0.2) is 17.1 Å². The van der Waals surface area contributed by atoms with Crippen molar-refractivity contribution in [1.29, 1.82) is 0 Å². The monoisotopic (exact) mass is 288 g/mol. The zero-order chi connectivity index (χ0) is 15.1. The molecule has 2 amide bonds. The summed E-state index contributed by atoms with van der Waals surface area (Å²) in [5, 5.41) is 14.1. The standard InChI is InChI=1S/C15H16N2O4/c18-14(19)5-4-11-2-1-3-13(8-11)17-15(20)16-9-12-6-7-21-10-12/h1-3,6-8,10H,4-5,9H2,(H,18,19)(H2,16,17,20). The lowest BCUT2D eigenvalue weighted by atomic mass is 10.1.